The smallest absolute Gasteiger partial charge is 0.214 e. The lowest BCUT2D eigenvalue weighted by atomic mass is 10.0. The van der Waals surface area contributed by atoms with Crippen LogP contribution in [0.15, 0.2) is 36.7 Å². The average Bonchev–Trinajstić information content (AvgIpc) is 2.87. The molecule has 2 aromatic heterocycles. The Labute approximate surface area is 228 Å². The molecule has 1 saturated heterocycles. The Balaban J connectivity index is 1.39. The number of rotatable bonds is 6. The fraction of sp³-hybridized carbons (Fsp3) is 0.464. The van der Waals surface area contributed by atoms with E-state index in [1.54, 1.807) is 18.3 Å². The summed E-state index contributed by atoms with van der Waals surface area (Å²) in [6.45, 7) is 9.20. The summed E-state index contributed by atoms with van der Waals surface area (Å²) in [5.74, 6) is -0.565. The van der Waals surface area contributed by atoms with E-state index in [1.165, 1.54) is 10.4 Å². The molecule has 0 amide bonds. The number of pyridine rings is 1. The molecule has 2 aliphatic heterocycles. The summed E-state index contributed by atoms with van der Waals surface area (Å²) in [6.07, 6.45) is 4.51. The van der Waals surface area contributed by atoms with Crippen LogP contribution in [0.25, 0.3) is 11.3 Å². The van der Waals surface area contributed by atoms with Crippen molar-refractivity contribution in [2.45, 2.75) is 65.1 Å². The lowest BCUT2D eigenvalue weighted by Crippen LogP contribution is -2.49. The van der Waals surface area contributed by atoms with Gasteiger partial charge in [-0.25, -0.2) is 27.2 Å². The maximum absolute atomic E-state index is 15.3. The fourth-order valence-electron chi connectivity index (χ4n) is 5.02. The van der Waals surface area contributed by atoms with E-state index < -0.39 is 27.3 Å². The molecule has 8 nitrogen and oxygen atoms in total. The minimum Gasteiger partial charge on any atom is -0.481 e. The molecule has 3 aromatic rings. The van der Waals surface area contributed by atoms with E-state index in [0.717, 1.165) is 18.2 Å². The van der Waals surface area contributed by atoms with Crippen molar-refractivity contribution >= 4 is 15.7 Å². The van der Waals surface area contributed by atoms with E-state index in [9.17, 15) is 12.8 Å². The first-order valence-electron chi connectivity index (χ1n) is 13.1. The van der Waals surface area contributed by atoms with Gasteiger partial charge in [0.25, 0.3) is 0 Å². The first kappa shape index (κ1) is 27.4. The average molecular weight is 558 g/mol. The largest absolute Gasteiger partial charge is 0.481 e. The molecule has 0 saturated carbocycles. The van der Waals surface area contributed by atoms with Crippen LogP contribution in [0, 0.1) is 11.6 Å². The molecule has 0 N–H and O–H groups in total. The quantitative estimate of drug-likeness (QED) is 0.433. The van der Waals surface area contributed by atoms with Crippen LogP contribution in [0.5, 0.6) is 5.75 Å². The van der Waals surface area contributed by atoms with Gasteiger partial charge in [-0.2, -0.15) is 4.31 Å². The number of hydrogen-bond acceptors (Lipinski definition) is 7. The molecule has 208 valence electrons. The van der Waals surface area contributed by atoms with Gasteiger partial charge in [-0.15, -0.1) is 0 Å². The highest BCUT2D eigenvalue weighted by molar-refractivity contribution is 7.89. The molecule has 11 heteroatoms. The van der Waals surface area contributed by atoms with Crippen molar-refractivity contribution in [1.82, 2.24) is 19.3 Å². The number of hydrogen-bond donors (Lipinski definition) is 0. The van der Waals surface area contributed by atoms with Crippen LogP contribution in [-0.2, 0) is 23.0 Å². The van der Waals surface area contributed by atoms with Gasteiger partial charge in [0.1, 0.15) is 17.1 Å². The Kier molecular flexibility index (Phi) is 7.32. The third-order valence-electron chi connectivity index (χ3n) is 6.99. The van der Waals surface area contributed by atoms with Crippen LogP contribution in [0.1, 0.15) is 57.6 Å². The number of fused-ring (bicyclic) bond motifs is 1. The summed E-state index contributed by atoms with van der Waals surface area (Å²) in [4.78, 5) is 15.0. The highest BCUT2D eigenvalue weighted by atomic mass is 32.2. The van der Waals surface area contributed by atoms with E-state index in [4.69, 9.17) is 4.74 Å². The number of ether oxygens (including phenoxy) is 1. The highest BCUT2D eigenvalue weighted by Gasteiger charge is 2.35. The molecule has 1 aromatic carbocycles. The maximum Gasteiger partial charge on any atom is 0.214 e. The molecular weight excluding hydrogens is 524 g/mol. The lowest BCUT2D eigenvalue weighted by molar-refractivity contribution is 0.0967. The van der Waals surface area contributed by atoms with Crippen LogP contribution in [-0.4, -0.2) is 58.2 Å². The Hall–Kier alpha value is -3.18. The minimum absolute atomic E-state index is 0.00200. The number of halogens is 2. The maximum atomic E-state index is 15.3. The Morgan fingerprint density at radius 2 is 1.87 bits per heavy atom. The van der Waals surface area contributed by atoms with Crippen LogP contribution >= 0.6 is 0 Å². The first-order valence-corrected chi connectivity index (χ1v) is 14.8. The molecule has 0 atom stereocenters. The molecule has 0 radical (unpaired) electrons. The van der Waals surface area contributed by atoms with Crippen molar-refractivity contribution in [3.05, 3.63) is 65.4 Å². The van der Waals surface area contributed by atoms with Crippen LogP contribution in [0.2, 0.25) is 0 Å². The Morgan fingerprint density at radius 1 is 1.08 bits per heavy atom. The van der Waals surface area contributed by atoms with Crippen LogP contribution in [0.4, 0.5) is 14.5 Å². The number of sulfonamides is 1. The fourth-order valence-corrected chi connectivity index (χ4v) is 6.60. The van der Waals surface area contributed by atoms with Crippen molar-refractivity contribution in [2.75, 3.05) is 23.7 Å². The van der Waals surface area contributed by atoms with Crippen molar-refractivity contribution < 1.29 is 21.9 Å². The third kappa shape index (κ3) is 5.89. The van der Waals surface area contributed by atoms with Crippen molar-refractivity contribution in [1.29, 1.82) is 0 Å². The number of nitrogens with zero attached hydrogens (tertiary/aromatic N) is 5. The van der Waals surface area contributed by atoms with Gasteiger partial charge in [0.15, 0.2) is 17.4 Å². The third-order valence-corrected chi connectivity index (χ3v) is 8.89. The molecule has 4 heterocycles. The summed E-state index contributed by atoms with van der Waals surface area (Å²) in [5, 5.41) is 0. The summed E-state index contributed by atoms with van der Waals surface area (Å²) < 4.78 is 62.2. The van der Waals surface area contributed by atoms with Crippen molar-refractivity contribution in [3.8, 4) is 17.0 Å². The molecule has 5 rings (SSSR count). The van der Waals surface area contributed by atoms with Gasteiger partial charge in [-0.3, -0.25) is 4.98 Å². The van der Waals surface area contributed by atoms with Gasteiger partial charge < -0.3 is 9.64 Å². The van der Waals surface area contributed by atoms with Crippen LogP contribution in [0.3, 0.4) is 0 Å². The van der Waals surface area contributed by atoms with Gasteiger partial charge in [-0.05, 0) is 64.3 Å². The van der Waals surface area contributed by atoms with Crippen molar-refractivity contribution in [2.24, 2.45) is 0 Å². The lowest BCUT2D eigenvalue weighted by Gasteiger charge is -2.43. The predicted octanol–water partition coefficient (Wildman–Crippen LogP) is 4.72. The van der Waals surface area contributed by atoms with Gasteiger partial charge in [0.2, 0.25) is 10.0 Å². The Bertz CT molecular complexity index is 1480. The standard InChI is InChI=1S/C28H33F2N5O3S/c1-18(2)35-17-28(3,4)38-27-22(29)11-20(12-24(27)35)26-23(30)15-32-25(33-26)13-21-8-7-19(14-31-21)16-34-9-5-6-10-39(34,36)37/h7-8,11-12,14-15,18H,5-6,9-10,13,16-17H2,1-4H3. The zero-order valence-electron chi connectivity index (χ0n) is 22.6. The number of aromatic nitrogens is 3. The molecule has 1 fully saturated rings. The SMILES string of the molecule is CC(C)N1CC(C)(C)Oc2c(F)cc(-c3nc(Cc4ccc(CN5CCCCS5(=O)=O)cn4)ncc3F)cc21. The summed E-state index contributed by atoms with van der Waals surface area (Å²) in [6, 6.07) is 6.66. The zero-order chi connectivity index (χ0) is 27.9. The van der Waals surface area contributed by atoms with Gasteiger partial charge in [-0.1, -0.05) is 6.07 Å². The monoisotopic (exact) mass is 557 g/mol. The summed E-state index contributed by atoms with van der Waals surface area (Å²) in [5.41, 5.74) is 1.73. The van der Waals surface area contributed by atoms with E-state index in [0.29, 0.717) is 42.3 Å². The van der Waals surface area contributed by atoms with Crippen LogP contribution < -0.4 is 9.64 Å². The highest BCUT2D eigenvalue weighted by Crippen LogP contribution is 2.42. The normalized spacial score (nSPS) is 18.6. The molecular formula is C28H33F2N5O3S. The molecule has 0 bridgehead atoms. The molecule has 0 spiro atoms. The minimum atomic E-state index is -3.23. The van der Waals surface area contributed by atoms with E-state index >= 15 is 4.39 Å². The zero-order valence-corrected chi connectivity index (χ0v) is 23.4. The molecule has 0 aliphatic carbocycles. The van der Waals surface area contributed by atoms with Gasteiger partial charge >= 0.3 is 0 Å². The van der Waals surface area contributed by atoms with Gasteiger partial charge in [0, 0.05) is 36.6 Å². The summed E-state index contributed by atoms with van der Waals surface area (Å²) in [7, 11) is -3.23. The second kappa shape index (κ2) is 10.4. The van der Waals surface area contributed by atoms with E-state index in [2.05, 4.69) is 15.0 Å². The second-order valence-corrected chi connectivity index (χ2v) is 13.2. The van der Waals surface area contributed by atoms with Gasteiger partial charge in [0.05, 0.1) is 30.6 Å². The molecule has 0 unspecified atom stereocenters. The van der Waals surface area contributed by atoms with Crippen molar-refractivity contribution in [3.63, 3.8) is 0 Å². The molecule has 39 heavy (non-hydrogen) atoms. The van der Waals surface area contributed by atoms with E-state index in [-0.39, 0.29) is 36.2 Å². The molecule has 2 aliphatic rings. The first-order chi connectivity index (χ1) is 18.4. The number of benzene rings is 1. The predicted molar refractivity (Wildman–Crippen MR) is 145 cm³/mol. The summed E-state index contributed by atoms with van der Waals surface area (Å²) >= 11 is 0. The van der Waals surface area contributed by atoms with E-state index in [1.807, 2.05) is 38.7 Å². The topological polar surface area (TPSA) is 88.5 Å². The number of anilines is 1. The second-order valence-electron chi connectivity index (χ2n) is 11.1. The Morgan fingerprint density at radius 3 is 2.56 bits per heavy atom.